The van der Waals surface area contributed by atoms with Crippen LogP contribution in [0.2, 0.25) is 0 Å². The first-order chi connectivity index (χ1) is 17.0. The number of benzene rings is 1. The average molecular weight is 478 g/mol. The van der Waals surface area contributed by atoms with Crippen LogP contribution < -0.4 is 16.0 Å². The molecule has 0 radical (unpaired) electrons. The molecule has 5 rings (SSSR count). The second kappa shape index (κ2) is 9.57. The summed E-state index contributed by atoms with van der Waals surface area (Å²) in [5.41, 5.74) is 2.70. The van der Waals surface area contributed by atoms with Crippen LogP contribution in [-0.2, 0) is 6.54 Å². The van der Waals surface area contributed by atoms with Gasteiger partial charge in [0.15, 0.2) is 17.5 Å². The second-order valence-electron chi connectivity index (χ2n) is 8.62. The maximum absolute atomic E-state index is 15.0. The van der Waals surface area contributed by atoms with Crippen molar-refractivity contribution in [2.75, 3.05) is 10.6 Å². The fourth-order valence-corrected chi connectivity index (χ4v) is 3.78. The van der Waals surface area contributed by atoms with E-state index >= 15 is 4.39 Å². The third-order valence-electron chi connectivity index (χ3n) is 5.92. The van der Waals surface area contributed by atoms with Crippen molar-refractivity contribution < 1.29 is 13.6 Å². The average Bonchev–Trinajstić information content (AvgIpc) is 3.34. The number of amides is 1. The third-order valence-corrected chi connectivity index (χ3v) is 5.92. The van der Waals surface area contributed by atoms with Crippen molar-refractivity contribution in [2.45, 2.75) is 38.3 Å². The number of nitrogens with one attached hydrogen (secondary N) is 5. The van der Waals surface area contributed by atoms with E-state index in [4.69, 9.17) is 0 Å². The molecule has 1 fully saturated rings. The van der Waals surface area contributed by atoms with Crippen molar-refractivity contribution in [1.29, 1.82) is 0 Å². The summed E-state index contributed by atoms with van der Waals surface area (Å²) in [4.78, 5) is 19.7. The van der Waals surface area contributed by atoms with Gasteiger partial charge in [-0.25, -0.2) is 13.8 Å². The molecule has 8 nitrogen and oxygen atoms in total. The quantitative estimate of drug-likeness (QED) is 0.229. The lowest BCUT2D eigenvalue weighted by Gasteiger charge is -2.19. The molecule has 10 heteroatoms. The number of rotatable bonds is 9. The van der Waals surface area contributed by atoms with Crippen molar-refractivity contribution in [2.24, 2.45) is 0 Å². The summed E-state index contributed by atoms with van der Waals surface area (Å²) in [6.07, 6.45) is 3.89. The highest BCUT2D eigenvalue weighted by Crippen LogP contribution is 2.39. The molecule has 4 aromatic rings. The minimum absolute atomic E-state index is 0.00657. The minimum atomic E-state index is -0.579. The molecule has 180 valence electrons. The Morgan fingerprint density at radius 1 is 1.14 bits per heavy atom. The van der Waals surface area contributed by atoms with E-state index in [0.29, 0.717) is 28.8 Å². The number of aromatic nitrogens is 4. The molecular weight excluding hydrogens is 452 g/mol. The van der Waals surface area contributed by atoms with Gasteiger partial charge in [-0.05, 0) is 55.7 Å². The highest BCUT2D eigenvalue weighted by molar-refractivity contribution is 5.92. The number of anilines is 3. The maximum atomic E-state index is 15.0. The van der Waals surface area contributed by atoms with Crippen LogP contribution in [0.3, 0.4) is 0 Å². The Balaban J connectivity index is 1.40. The van der Waals surface area contributed by atoms with Crippen LogP contribution in [0.4, 0.5) is 26.2 Å². The lowest BCUT2D eigenvalue weighted by atomic mass is 10.1. The lowest BCUT2D eigenvalue weighted by molar-refractivity contribution is 0.0946. The third kappa shape index (κ3) is 5.32. The number of halogens is 2. The van der Waals surface area contributed by atoms with Gasteiger partial charge in [0.2, 0.25) is 0 Å². The van der Waals surface area contributed by atoms with Gasteiger partial charge >= 0.3 is 0 Å². The van der Waals surface area contributed by atoms with Crippen LogP contribution in [0, 0.1) is 11.6 Å². The summed E-state index contributed by atoms with van der Waals surface area (Å²) >= 11 is 0. The highest BCUT2D eigenvalue weighted by atomic mass is 19.1. The molecule has 1 aliphatic carbocycles. The number of carbonyl (C=O) groups is 1. The van der Waals surface area contributed by atoms with E-state index < -0.39 is 5.82 Å². The minimum Gasteiger partial charge on any atom is -0.363 e. The molecule has 3 heterocycles. The summed E-state index contributed by atoms with van der Waals surface area (Å²) in [6, 6.07) is 12.4. The van der Waals surface area contributed by atoms with Gasteiger partial charge in [-0.15, -0.1) is 0 Å². The van der Waals surface area contributed by atoms with Gasteiger partial charge in [-0.3, -0.25) is 9.89 Å². The van der Waals surface area contributed by atoms with Gasteiger partial charge in [0.25, 0.3) is 5.91 Å². The number of hydrogen-bond donors (Lipinski definition) is 5. The van der Waals surface area contributed by atoms with Crippen molar-refractivity contribution in [3.63, 3.8) is 0 Å². The largest absolute Gasteiger partial charge is 0.363 e. The maximum Gasteiger partial charge on any atom is 0.267 e. The van der Waals surface area contributed by atoms with E-state index in [-0.39, 0.29) is 30.1 Å². The molecule has 1 saturated carbocycles. The summed E-state index contributed by atoms with van der Waals surface area (Å²) < 4.78 is 28.4. The van der Waals surface area contributed by atoms with Gasteiger partial charge in [-0.1, -0.05) is 12.1 Å². The fraction of sp³-hybridized carbons (Fsp3) is 0.240. The van der Waals surface area contributed by atoms with Crippen LogP contribution in [0.5, 0.6) is 0 Å². The summed E-state index contributed by atoms with van der Waals surface area (Å²) in [5, 5.41) is 16.2. The Morgan fingerprint density at radius 2 is 1.94 bits per heavy atom. The number of pyridine rings is 1. The van der Waals surface area contributed by atoms with Gasteiger partial charge in [0.1, 0.15) is 17.3 Å². The zero-order valence-corrected chi connectivity index (χ0v) is 19.0. The van der Waals surface area contributed by atoms with Crippen LogP contribution in [0.1, 0.15) is 59.0 Å². The van der Waals surface area contributed by atoms with E-state index in [2.05, 4.69) is 36.1 Å². The molecule has 3 aromatic heterocycles. The van der Waals surface area contributed by atoms with Crippen molar-refractivity contribution in [1.82, 2.24) is 25.5 Å². The molecule has 1 atom stereocenters. The second-order valence-corrected chi connectivity index (χ2v) is 8.62. The Labute approximate surface area is 200 Å². The smallest absolute Gasteiger partial charge is 0.267 e. The summed E-state index contributed by atoms with van der Waals surface area (Å²) in [6.45, 7) is 1.94. The number of aromatic amines is 2. The Bertz CT molecular complexity index is 1310. The standard InChI is InChI=1S/C25H25F2N7O/c1-14(15-6-8-18(26)9-7-15)30-23-17(13-29-25(35)20-3-2-10-28-20)11-19(27)24(32-23)31-22-12-21(33-34-22)16-4-5-16/h2-3,6-12,14,16,28H,4-5,13H2,1H3,(H,29,35)(H3,30,31,32,33,34). The first kappa shape index (κ1) is 22.6. The van der Waals surface area contributed by atoms with Gasteiger partial charge in [0, 0.05) is 42.0 Å². The first-order valence-electron chi connectivity index (χ1n) is 11.4. The molecule has 0 aliphatic heterocycles. The van der Waals surface area contributed by atoms with Crippen LogP contribution in [0.15, 0.2) is 54.7 Å². The van der Waals surface area contributed by atoms with E-state index in [9.17, 15) is 9.18 Å². The number of H-pyrrole nitrogens is 2. The van der Waals surface area contributed by atoms with Crippen molar-refractivity contribution in [3.05, 3.63) is 88.9 Å². The normalized spacial score (nSPS) is 13.9. The van der Waals surface area contributed by atoms with Gasteiger partial charge in [-0.2, -0.15) is 5.10 Å². The predicted octanol–water partition coefficient (Wildman–Crippen LogP) is 5.14. The number of nitrogens with zero attached hydrogens (tertiary/aromatic N) is 2. The SMILES string of the molecule is CC(Nc1nc(Nc2cc(C3CC3)[nH]n2)c(F)cc1CNC(=O)c1ccc[nH]1)c1ccc(F)cc1. The van der Waals surface area contributed by atoms with E-state index in [0.717, 1.165) is 24.1 Å². The van der Waals surface area contributed by atoms with Crippen LogP contribution in [-0.4, -0.2) is 26.1 Å². The molecule has 1 unspecified atom stereocenters. The molecule has 0 spiro atoms. The first-order valence-corrected chi connectivity index (χ1v) is 11.4. The Morgan fingerprint density at radius 3 is 2.66 bits per heavy atom. The van der Waals surface area contributed by atoms with Crippen LogP contribution >= 0.6 is 0 Å². The molecule has 1 amide bonds. The van der Waals surface area contributed by atoms with Crippen LogP contribution in [0.25, 0.3) is 0 Å². The van der Waals surface area contributed by atoms with E-state index in [1.807, 2.05) is 13.0 Å². The number of hydrogen-bond acceptors (Lipinski definition) is 5. The zero-order chi connectivity index (χ0) is 24.4. The Kier molecular flexibility index (Phi) is 6.17. The van der Waals surface area contributed by atoms with E-state index in [1.165, 1.54) is 18.2 Å². The molecule has 35 heavy (non-hydrogen) atoms. The van der Waals surface area contributed by atoms with E-state index in [1.54, 1.807) is 30.5 Å². The van der Waals surface area contributed by atoms with Crippen molar-refractivity contribution in [3.8, 4) is 0 Å². The topological polar surface area (TPSA) is 111 Å². The molecule has 0 saturated heterocycles. The van der Waals surface area contributed by atoms with Crippen molar-refractivity contribution >= 4 is 23.4 Å². The molecule has 1 aromatic carbocycles. The fourth-order valence-electron chi connectivity index (χ4n) is 3.78. The zero-order valence-electron chi connectivity index (χ0n) is 19.0. The Hall–Kier alpha value is -4.21. The molecule has 1 aliphatic rings. The predicted molar refractivity (Wildman–Crippen MR) is 128 cm³/mol. The number of carbonyl (C=O) groups excluding carboxylic acids is 1. The lowest BCUT2D eigenvalue weighted by Crippen LogP contribution is -2.24. The molecule has 5 N–H and O–H groups in total. The summed E-state index contributed by atoms with van der Waals surface area (Å²) in [7, 11) is 0. The highest BCUT2D eigenvalue weighted by Gasteiger charge is 2.26. The molecular formula is C25H25F2N7O. The summed E-state index contributed by atoms with van der Waals surface area (Å²) in [5.74, 6) is 0.121. The molecule has 0 bridgehead atoms. The van der Waals surface area contributed by atoms with Gasteiger partial charge in [0.05, 0.1) is 0 Å². The monoisotopic (exact) mass is 477 g/mol. The van der Waals surface area contributed by atoms with Gasteiger partial charge < -0.3 is 20.9 Å².